The molecule has 1 aliphatic rings. The van der Waals surface area contributed by atoms with E-state index < -0.39 is 12.1 Å². The van der Waals surface area contributed by atoms with Crippen LogP contribution in [0.5, 0.6) is 0 Å². The molecule has 1 aliphatic carbocycles. The number of aliphatic carboxylic acids is 1. The molecule has 1 saturated carbocycles. The quantitative estimate of drug-likeness (QED) is 0.671. The van der Waals surface area contributed by atoms with E-state index in [1.54, 1.807) is 30.3 Å². The third-order valence-electron chi connectivity index (χ3n) is 3.45. The largest absolute Gasteiger partial charge is 0.479 e. The lowest BCUT2D eigenvalue weighted by atomic mass is 9.93. The Morgan fingerprint density at radius 3 is 2.30 bits per heavy atom. The van der Waals surface area contributed by atoms with Crippen LogP contribution in [0.1, 0.15) is 37.4 Å². The summed E-state index contributed by atoms with van der Waals surface area (Å²) in [7, 11) is 1.92. The summed E-state index contributed by atoms with van der Waals surface area (Å²) in [5.41, 5.74) is 0.403. The second-order valence-electron chi connectivity index (χ2n) is 4.90. The number of rotatable bonds is 3. The molecule has 20 heavy (non-hydrogen) atoms. The smallest absolute Gasteiger partial charge is 0.337 e. The first-order chi connectivity index (χ1) is 9.56. The number of aliphatic hydroxyl groups excluding tert-OH is 2. The summed E-state index contributed by atoms with van der Waals surface area (Å²) in [6.07, 6.45) is 3.07. The molecule has 0 heterocycles. The Balaban J connectivity index is 0.000000204. The number of aliphatic hydroxyl groups is 2. The summed E-state index contributed by atoms with van der Waals surface area (Å²) in [5, 5.41) is 29.8. The molecule has 5 heteroatoms. The fourth-order valence-corrected chi connectivity index (χ4v) is 2.23. The Morgan fingerprint density at radius 1 is 1.25 bits per heavy atom. The molecular weight excluding hydrogens is 258 g/mol. The fourth-order valence-electron chi connectivity index (χ4n) is 2.23. The van der Waals surface area contributed by atoms with Crippen molar-refractivity contribution in [3.05, 3.63) is 35.9 Å². The number of nitrogens with one attached hydrogen (secondary N) is 1. The van der Waals surface area contributed by atoms with Gasteiger partial charge in [-0.25, -0.2) is 4.79 Å². The summed E-state index contributed by atoms with van der Waals surface area (Å²) >= 11 is 0. The molecule has 0 unspecified atom stereocenters. The van der Waals surface area contributed by atoms with E-state index in [-0.39, 0.29) is 6.10 Å². The highest BCUT2D eigenvalue weighted by Crippen LogP contribution is 2.17. The van der Waals surface area contributed by atoms with Gasteiger partial charge in [-0.15, -0.1) is 0 Å². The van der Waals surface area contributed by atoms with E-state index in [1.807, 2.05) is 7.05 Å². The highest BCUT2D eigenvalue weighted by Gasteiger charge is 2.20. The van der Waals surface area contributed by atoms with Gasteiger partial charge in [0, 0.05) is 6.04 Å². The molecule has 4 N–H and O–H groups in total. The van der Waals surface area contributed by atoms with Crippen LogP contribution in [-0.2, 0) is 4.79 Å². The molecule has 0 aliphatic heterocycles. The van der Waals surface area contributed by atoms with E-state index in [1.165, 1.54) is 12.8 Å². The summed E-state index contributed by atoms with van der Waals surface area (Å²) in [6.45, 7) is 0. The third-order valence-corrected chi connectivity index (χ3v) is 3.45. The Morgan fingerprint density at radius 2 is 1.85 bits per heavy atom. The van der Waals surface area contributed by atoms with Gasteiger partial charge in [-0.05, 0) is 25.5 Å². The first kappa shape index (κ1) is 16.6. The van der Waals surface area contributed by atoms with Crippen molar-refractivity contribution >= 4 is 5.97 Å². The molecule has 0 amide bonds. The van der Waals surface area contributed by atoms with Gasteiger partial charge >= 0.3 is 5.97 Å². The number of hydrogen-bond donors (Lipinski definition) is 4. The van der Waals surface area contributed by atoms with E-state index in [2.05, 4.69) is 5.32 Å². The van der Waals surface area contributed by atoms with Crippen LogP contribution in [0.3, 0.4) is 0 Å². The van der Waals surface area contributed by atoms with E-state index in [9.17, 15) is 9.90 Å². The predicted octanol–water partition coefficient (Wildman–Crippen LogP) is 1.31. The highest BCUT2D eigenvalue weighted by molar-refractivity contribution is 5.73. The van der Waals surface area contributed by atoms with Gasteiger partial charge in [0.1, 0.15) is 0 Å². The van der Waals surface area contributed by atoms with Gasteiger partial charge < -0.3 is 20.6 Å². The van der Waals surface area contributed by atoms with E-state index in [0.29, 0.717) is 11.6 Å². The van der Waals surface area contributed by atoms with Crippen LogP contribution in [0.4, 0.5) is 0 Å². The van der Waals surface area contributed by atoms with Crippen LogP contribution in [0.2, 0.25) is 0 Å². The minimum atomic E-state index is -1.41. The maximum atomic E-state index is 10.2. The zero-order chi connectivity index (χ0) is 15.0. The van der Waals surface area contributed by atoms with Gasteiger partial charge in [-0.1, -0.05) is 43.2 Å². The molecule has 112 valence electrons. The van der Waals surface area contributed by atoms with Gasteiger partial charge in [0.25, 0.3) is 0 Å². The van der Waals surface area contributed by atoms with Crippen molar-refractivity contribution in [2.24, 2.45) is 0 Å². The van der Waals surface area contributed by atoms with E-state index in [0.717, 1.165) is 12.8 Å². The Bertz CT molecular complexity index is 396. The number of carbonyl (C=O) groups is 1. The lowest BCUT2D eigenvalue weighted by Gasteiger charge is -2.26. The molecule has 0 saturated heterocycles. The van der Waals surface area contributed by atoms with Crippen LogP contribution in [-0.4, -0.2) is 40.5 Å². The zero-order valence-corrected chi connectivity index (χ0v) is 11.7. The number of carboxylic acids is 1. The normalized spacial score (nSPS) is 23.4. The minimum absolute atomic E-state index is 0.0938. The average Bonchev–Trinajstić information content (AvgIpc) is 2.48. The van der Waals surface area contributed by atoms with Crippen LogP contribution >= 0.6 is 0 Å². The maximum Gasteiger partial charge on any atom is 0.337 e. The summed E-state index contributed by atoms with van der Waals surface area (Å²) < 4.78 is 0. The number of likely N-dealkylation sites (N-methyl/N-ethyl adjacent to an activating group) is 1. The molecule has 0 aromatic heterocycles. The molecule has 3 atom stereocenters. The molecule has 0 bridgehead atoms. The molecule has 5 nitrogen and oxygen atoms in total. The standard InChI is InChI=1S/C8H8O3.C7H15NO/c9-7(8(10)11)6-4-2-1-3-5-6;1-8-6-4-2-3-5-7(6)9/h1-5,7,9H,(H,10,11);6-9H,2-5H2,1H3/t7-;6-,7+/m11/s1. The SMILES string of the molecule is CN[C@@H]1CCCC[C@@H]1O.O=C(O)[C@H](O)c1ccccc1. The lowest BCUT2D eigenvalue weighted by molar-refractivity contribution is -0.146. The average molecular weight is 281 g/mol. The predicted molar refractivity (Wildman–Crippen MR) is 76.4 cm³/mol. The van der Waals surface area contributed by atoms with Crippen molar-refractivity contribution in [1.82, 2.24) is 5.32 Å². The molecule has 0 spiro atoms. The second kappa shape index (κ2) is 8.68. The summed E-state index contributed by atoms with van der Waals surface area (Å²) in [6, 6.07) is 8.62. The van der Waals surface area contributed by atoms with Gasteiger partial charge in [0.2, 0.25) is 0 Å². The van der Waals surface area contributed by atoms with Crippen LogP contribution < -0.4 is 5.32 Å². The van der Waals surface area contributed by atoms with Crippen molar-refractivity contribution in [2.75, 3.05) is 7.05 Å². The van der Waals surface area contributed by atoms with Crippen molar-refractivity contribution in [1.29, 1.82) is 0 Å². The Labute approximate surface area is 119 Å². The summed E-state index contributed by atoms with van der Waals surface area (Å²) in [5.74, 6) is -1.23. The van der Waals surface area contributed by atoms with Gasteiger partial charge in [0.15, 0.2) is 6.10 Å². The molecule has 0 radical (unpaired) electrons. The number of hydrogen-bond acceptors (Lipinski definition) is 4. The Kier molecular flexibility index (Phi) is 7.22. The topological polar surface area (TPSA) is 89.8 Å². The van der Waals surface area contributed by atoms with Gasteiger partial charge in [-0.3, -0.25) is 0 Å². The van der Waals surface area contributed by atoms with Crippen molar-refractivity contribution in [3.8, 4) is 0 Å². The second-order valence-corrected chi connectivity index (χ2v) is 4.90. The monoisotopic (exact) mass is 281 g/mol. The molecule has 1 fully saturated rings. The van der Waals surface area contributed by atoms with Crippen molar-refractivity contribution in [3.63, 3.8) is 0 Å². The molecule has 2 rings (SSSR count). The maximum absolute atomic E-state index is 10.2. The number of carboxylic acid groups (broad SMARTS) is 1. The third kappa shape index (κ3) is 5.28. The molecular formula is C15H23NO4. The van der Waals surface area contributed by atoms with Crippen LogP contribution in [0.15, 0.2) is 30.3 Å². The van der Waals surface area contributed by atoms with Crippen LogP contribution in [0, 0.1) is 0 Å². The Hall–Kier alpha value is -1.43. The molecule has 1 aromatic carbocycles. The highest BCUT2D eigenvalue weighted by atomic mass is 16.4. The fraction of sp³-hybridized carbons (Fsp3) is 0.533. The zero-order valence-electron chi connectivity index (χ0n) is 11.7. The first-order valence-electron chi connectivity index (χ1n) is 6.87. The summed E-state index contributed by atoms with van der Waals surface area (Å²) in [4.78, 5) is 10.2. The van der Waals surface area contributed by atoms with Crippen molar-refractivity contribution in [2.45, 2.75) is 43.9 Å². The molecule has 1 aromatic rings. The van der Waals surface area contributed by atoms with Crippen molar-refractivity contribution < 1.29 is 20.1 Å². The van der Waals surface area contributed by atoms with E-state index in [4.69, 9.17) is 10.2 Å². The first-order valence-corrected chi connectivity index (χ1v) is 6.87. The van der Waals surface area contributed by atoms with E-state index >= 15 is 0 Å². The van der Waals surface area contributed by atoms with Gasteiger partial charge in [-0.2, -0.15) is 0 Å². The van der Waals surface area contributed by atoms with Crippen LogP contribution in [0.25, 0.3) is 0 Å². The minimum Gasteiger partial charge on any atom is -0.479 e. The van der Waals surface area contributed by atoms with Gasteiger partial charge in [0.05, 0.1) is 6.10 Å². The lowest BCUT2D eigenvalue weighted by Crippen LogP contribution is -2.39. The number of benzene rings is 1.